The van der Waals surface area contributed by atoms with E-state index in [2.05, 4.69) is 4.98 Å². The third kappa shape index (κ3) is 3.03. The summed E-state index contributed by atoms with van der Waals surface area (Å²) in [7, 11) is 0. The first kappa shape index (κ1) is 12.5. The number of nitrogens with zero attached hydrogens (tertiary/aromatic N) is 1. The van der Waals surface area contributed by atoms with Crippen molar-refractivity contribution in [2.45, 2.75) is 6.61 Å². The summed E-state index contributed by atoms with van der Waals surface area (Å²) in [5, 5.41) is 8.94. The van der Waals surface area contributed by atoms with Gasteiger partial charge in [0.1, 0.15) is 22.2 Å². The molecule has 0 fully saturated rings. The van der Waals surface area contributed by atoms with Crippen molar-refractivity contribution >= 4 is 17.2 Å². The predicted molar refractivity (Wildman–Crippen MR) is 72.6 cm³/mol. The number of hydrogen-bond donors (Lipinski definition) is 2. The van der Waals surface area contributed by atoms with E-state index in [9.17, 15) is 0 Å². The molecular weight excluding hydrogens is 248 g/mol. The minimum Gasteiger partial charge on any atom is -0.457 e. The molecule has 0 radical (unpaired) electrons. The standard InChI is InChI=1S/C13H12N2O2S/c14-13(18)12-7-11(5-6-15-12)17-10-3-1-9(8-16)2-4-10/h1-7,16H,8H2,(H2,14,18). The molecule has 3 N–H and O–H groups in total. The van der Waals surface area contributed by atoms with Crippen LogP contribution in [0, 0.1) is 0 Å². The topological polar surface area (TPSA) is 68.4 Å². The van der Waals surface area contributed by atoms with Gasteiger partial charge in [0.25, 0.3) is 0 Å². The zero-order chi connectivity index (χ0) is 13.0. The van der Waals surface area contributed by atoms with Crippen LogP contribution in [-0.2, 0) is 6.61 Å². The Balaban J connectivity index is 2.17. The molecule has 5 heteroatoms. The first-order valence-corrected chi connectivity index (χ1v) is 5.73. The minimum atomic E-state index is 0.0150. The highest BCUT2D eigenvalue weighted by Crippen LogP contribution is 2.21. The van der Waals surface area contributed by atoms with E-state index < -0.39 is 0 Å². The fourth-order valence-corrected chi connectivity index (χ4v) is 1.52. The van der Waals surface area contributed by atoms with Crippen molar-refractivity contribution in [2.75, 3.05) is 0 Å². The summed E-state index contributed by atoms with van der Waals surface area (Å²) in [5.74, 6) is 1.29. The van der Waals surface area contributed by atoms with Crippen LogP contribution in [0.25, 0.3) is 0 Å². The van der Waals surface area contributed by atoms with Gasteiger partial charge in [-0.1, -0.05) is 24.4 Å². The van der Waals surface area contributed by atoms with Gasteiger partial charge in [0, 0.05) is 12.3 Å². The van der Waals surface area contributed by atoms with Crippen molar-refractivity contribution in [2.24, 2.45) is 5.73 Å². The van der Waals surface area contributed by atoms with E-state index in [0.717, 1.165) is 5.56 Å². The summed E-state index contributed by atoms with van der Waals surface area (Å²) >= 11 is 4.85. The van der Waals surface area contributed by atoms with Crippen molar-refractivity contribution in [3.63, 3.8) is 0 Å². The van der Waals surface area contributed by atoms with E-state index in [1.54, 1.807) is 42.6 Å². The number of aliphatic hydroxyl groups is 1. The van der Waals surface area contributed by atoms with Crippen LogP contribution >= 0.6 is 12.2 Å². The molecule has 2 aromatic rings. The molecule has 0 aliphatic heterocycles. The number of aliphatic hydroxyl groups excluding tert-OH is 1. The van der Waals surface area contributed by atoms with Crippen molar-refractivity contribution in [1.29, 1.82) is 0 Å². The van der Waals surface area contributed by atoms with Crippen LogP contribution in [-0.4, -0.2) is 15.1 Å². The lowest BCUT2D eigenvalue weighted by Gasteiger charge is -2.07. The molecule has 0 amide bonds. The number of aromatic nitrogens is 1. The zero-order valence-corrected chi connectivity index (χ0v) is 10.4. The Morgan fingerprint density at radius 2 is 1.94 bits per heavy atom. The number of ether oxygens (including phenoxy) is 1. The summed E-state index contributed by atoms with van der Waals surface area (Å²) in [6.45, 7) is 0.0150. The summed E-state index contributed by atoms with van der Waals surface area (Å²) in [5.41, 5.74) is 6.86. The van der Waals surface area contributed by atoms with E-state index >= 15 is 0 Å². The number of pyridine rings is 1. The molecule has 92 valence electrons. The molecule has 0 atom stereocenters. The van der Waals surface area contributed by atoms with Crippen LogP contribution in [0.15, 0.2) is 42.6 Å². The number of thiocarbonyl (C=S) groups is 1. The second-order valence-electron chi connectivity index (χ2n) is 3.65. The average molecular weight is 260 g/mol. The molecule has 1 aromatic carbocycles. The molecule has 1 aromatic heterocycles. The first-order chi connectivity index (χ1) is 8.69. The van der Waals surface area contributed by atoms with Crippen LogP contribution in [0.2, 0.25) is 0 Å². The Bertz CT molecular complexity index is 555. The number of nitrogens with two attached hydrogens (primary N) is 1. The molecule has 4 nitrogen and oxygen atoms in total. The third-order valence-electron chi connectivity index (χ3n) is 2.33. The van der Waals surface area contributed by atoms with Gasteiger partial charge in [-0.3, -0.25) is 4.98 Å². The van der Waals surface area contributed by atoms with Crippen LogP contribution in [0.1, 0.15) is 11.3 Å². The van der Waals surface area contributed by atoms with Crippen LogP contribution < -0.4 is 10.5 Å². The third-order valence-corrected chi connectivity index (χ3v) is 2.53. The molecule has 0 aliphatic rings. The lowest BCUT2D eigenvalue weighted by Crippen LogP contribution is -2.11. The van der Waals surface area contributed by atoms with Gasteiger partial charge < -0.3 is 15.6 Å². The zero-order valence-electron chi connectivity index (χ0n) is 9.54. The molecule has 0 aliphatic carbocycles. The van der Waals surface area contributed by atoms with Gasteiger partial charge in [-0.05, 0) is 23.8 Å². The smallest absolute Gasteiger partial charge is 0.131 e. The fourth-order valence-electron chi connectivity index (χ4n) is 1.41. The van der Waals surface area contributed by atoms with Gasteiger partial charge in [0.2, 0.25) is 0 Å². The van der Waals surface area contributed by atoms with Gasteiger partial charge in [-0.2, -0.15) is 0 Å². The molecule has 1 heterocycles. The molecule has 0 saturated carbocycles. The highest BCUT2D eigenvalue weighted by Gasteiger charge is 2.02. The second-order valence-corrected chi connectivity index (χ2v) is 4.08. The monoisotopic (exact) mass is 260 g/mol. The maximum absolute atomic E-state index is 8.94. The maximum atomic E-state index is 8.94. The summed E-state index contributed by atoms with van der Waals surface area (Å²) < 4.78 is 5.63. The normalized spacial score (nSPS) is 10.1. The van der Waals surface area contributed by atoms with E-state index in [4.69, 9.17) is 27.8 Å². The molecule has 0 bridgehead atoms. The Morgan fingerprint density at radius 1 is 1.22 bits per heavy atom. The number of benzene rings is 1. The molecule has 18 heavy (non-hydrogen) atoms. The minimum absolute atomic E-state index is 0.0150. The van der Waals surface area contributed by atoms with Crippen LogP contribution in [0.5, 0.6) is 11.5 Å². The van der Waals surface area contributed by atoms with Gasteiger partial charge >= 0.3 is 0 Å². The first-order valence-electron chi connectivity index (χ1n) is 5.32. The van der Waals surface area contributed by atoms with Gasteiger partial charge in [-0.15, -0.1) is 0 Å². The van der Waals surface area contributed by atoms with Crippen molar-refractivity contribution in [3.8, 4) is 11.5 Å². The summed E-state index contributed by atoms with van der Waals surface area (Å²) in [4.78, 5) is 4.26. The Morgan fingerprint density at radius 3 is 2.56 bits per heavy atom. The summed E-state index contributed by atoms with van der Waals surface area (Å²) in [6, 6.07) is 10.6. The van der Waals surface area contributed by atoms with E-state index in [1.165, 1.54) is 0 Å². The maximum Gasteiger partial charge on any atom is 0.131 e. The molecule has 0 saturated heterocycles. The molecule has 0 unspecified atom stereocenters. The van der Waals surface area contributed by atoms with Crippen LogP contribution in [0.4, 0.5) is 0 Å². The SMILES string of the molecule is NC(=S)c1cc(Oc2ccc(CO)cc2)ccn1. The Hall–Kier alpha value is -1.98. The molecular formula is C13H12N2O2S. The fraction of sp³-hybridized carbons (Fsp3) is 0.0769. The second kappa shape index (κ2) is 5.57. The average Bonchev–Trinajstić information content (AvgIpc) is 2.40. The van der Waals surface area contributed by atoms with Crippen molar-refractivity contribution in [3.05, 3.63) is 53.9 Å². The predicted octanol–water partition coefficient (Wildman–Crippen LogP) is 2.00. The lowest BCUT2D eigenvalue weighted by atomic mass is 10.2. The van der Waals surface area contributed by atoms with Crippen molar-refractivity contribution < 1.29 is 9.84 Å². The van der Waals surface area contributed by atoms with Crippen LogP contribution in [0.3, 0.4) is 0 Å². The van der Waals surface area contributed by atoms with E-state index in [0.29, 0.717) is 17.2 Å². The molecule has 0 spiro atoms. The van der Waals surface area contributed by atoms with Crippen molar-refractivity contribution in [1.82, 2.24) is 4.98 Å². The van der Waals surface area contributed by atoms with Gasteiger partial charge in [0.15, 0.2) is 0 Å². The highest BCUT2D eigenvalue weighted by atomic mass is 32.1. The molecule has 2 rings (SSSR count). The lowest BCUT2D eigenvalue weighted by molar-refractivity contribution is 0.281. The summed E-state index contributed by atoms with van der Waals surface area (Å²) in [6.07, 6.45) is 1.59. The largest absolute Gasteiger partial charge is 0.457 e. The highest BCUT2D eigenvalue weighted by molar-refractivity contribution is 7.80. The van der Waals surface area contributed by atoms with E-state index in [-0.39, 0.29) is 11.6 Å². The van der Waals surface area contributed by atoms with Gasteiger partial charge in [-0.25, -0.2) is 0 Å². The number of rotatable bonds is 4. The number of hydrogen-bond acceptors (Lipinski definition) is 4. The quantitative estimate of drug-likeness (QED) is 0.823. The Kier molecular flexibility index (Phi) is 3.86. The van der Waals surface area contributed by atoms with E-state index in [1.807, 2.05) is 0 Å². The Labute approximate surface area is 110 Å². The van der Waals surface area contributed by atoms with Gasteiger partial charge in [0.05, 0.1) is 6.61 Å².